The van der Waals surface area contributed by atoms with Crippen LogP contribution in [0, 0.1) is 0 Å². The Kier molecular flexibility index (Phi) is 4.67. The summed E-state index contributed by atoms with van der Waals surface area (Å²) in [5, 5.41) is 33.0. The predicted molar refractivity (Wildman–Crippen MR) is 141 cm³/mol. The topological polar surface area (TPSA) is 109 Å². The largest absolute Gasteiger partial charge is 0.507 e. The van der Waals surface area contributed by atoms with E-state index in [4.69, 9.17) is 13.9 Å². The monoisotopic (exact) mass is 502 g/mol. The van der Waals surface area contributed by atoms with Gasteiger partial charge in [0, 0.05) is 28.7 Å². The SMILES string of the molecule is CC(C)=CCc1c2c(c(O)c3c(=O)c4c(oc13)-c1c(O)cc(O)c3c1C(C4)C(C)(C)O3)C=CC(C)(C)O2. The summed E-state index contributed by atoms with van der Waals surface area (Å²) >= 11 is 0. The van der Waals surface area contributed by atoms with Gasteiger partial charge in [-0.15, -0.1) is 0 Å². The van der Waals surface area contributed by atoms with Crippen molar-refractivity contribution in [2.45, 2.75) is 71.5 Å². The van der Waals surface area contributed by atoms with Crippen molar-refractivity contribution in [3.63, 3.8) is 0 Å². The zero-order valence-electron chi connectivity index (χ0n) is 21.8. The van der Waals surface area contributed by atoms with Crippen LogP contribution in [0.5, 0.6) is 28.7 Å². The number of phenolic OH excluding ortho intramolecular Hbond substituents is 3. The lowest BCUT2D eigenvalue weighted by molar-refractivity contribution is 0.106. The van der Waals surface area contributed by atoms with E-state index < -0.39 is 11.2 Å². The van der Waals surface area contributed by atoms with Crippen LogP contribution < -0.4 is 14.9 Å². The van der Waals surface area contributed by atoms with Crippen LogP contribution >= 0.6 is 0 Å². The average molecular weight is 503 g/mol. The Balaban J connectivity index is 1.75. The smallest absolute Gasteiger partial charge is 0.200 e. The summed E-state index contributed by atoms with van der Waals surface area (Å²) in [6.45, 7) is 11.6. The molecule has 0 spiro atoms. The average Bonchev–Trinajstić information content (AvgIpc) is 3.07. The molecular formula is C30H30O7. The number of aromatic hydroxyl groups is 3. The van der Waals surface area contributed by atoms with Crippen molar-refractivity contribution in [3.8, 4) is 40.1 Å². The minimum Gasteiger partial charge on any atom is -0.507 e. The van der Waals surface area contributed by atoms with Crippen LogP contribution in [0.4, 0.5) is 0 Å². The molecule has 7 heteroatoms. The second kappa shape index (κ2) is 7.34. The first kappa shape index (κ1) is 23.5. The first-order valence-corrected chi connectivity index (χ1v) is 12.5. The van der Waals surface area contributed by atoms with Crippen molar-refractivity contribution in [2.24, 2.45) is 0 Å². The highest BCUT2D eigenvalue weighted by Gasteiger charge is 2.49. The summed E-state index contributed by atoms with van der Waals surface area (Å²) in [4.78, 5) is 14.1. The molecule has 1 unspecified atom stereocenters. The summed E-state index contributed by atoms with van der Waals surface area (Å²) < 4.78 is 18.9. The Hall–Kier alpha value is -3.87. The fourth-order valence-corrected chi connectivity index (χ4v) is 5.81. The van der Waals surface area contributed by atoms with E-state index >= 15 is 0 Å². The molecule has 0 bridgehead atoms. The number of rotatable bonds is 2. The van der Waals surface area contributed by atoms with E-state index in [1.165, 1.54) is 6.07 Å². The zero-order valence-corrected chi connectivity index (χ0v) is 21.8. The van der Waals surface area contributed by atoms with Crippen LogP contribution in [0.1, 0.15) is 69.7 Å². The van der Waals surface area contributed by atoms with Crippen LogP contribution in [0.25, 0.3) is 28.4 Å². The van der Waals surface area contributed by atoms with Gasteiger partial charge in [0.1, 0.15) is 45.2 Å². The molecule has 0 saturated carbocycles. The molecular weight excluding hydrogens is 472 g/mol. The molecule has 7 nitrogen and oxygen atoms in total. The lowest BCUT2D eigenvalue weighted by Crippen LogP contribution is -2.34. The number of benzene rings is 2. The second-order valence-electron chi connectivity index (χ2n) is 11.5. The van der Waals surface area contributed by atoms with E-state index in [0.717, 1.165) is 5.57 Å². The van der Waals surface area contributed by atoms with Gasteiger partial charge in [-0.1, -0.05) is 11.6 Å². The molecule has 0 radical (unpaired) electrons. The van der Waals surface area contributed by atoms with Crippen molar-refractivity contribution in [2.75, 3.05) is 0 Å². The molecule has 37 heavy (non-hydrogen) atoms. The van der Waals surface area contributed by atoms with Gasteiger partial charge in [-0.3, -0.25) is 4.79 Å². The van der Waals surface area contributed by atoms with E-state index in [-0.39, 0.29) is 51.7 Å². The third-order valence-corrected chi connectivity index (χ3v) is 7.69. The van der Waals surface area contributed by atoms with Gasteiger partial charge in [0.05, 0.1) is 11.1 Å². The number of hydrogen-bond donors (Lipinski definition) is 3. The normalized spacial score (nSPS) is 19.5. The number of ether oxygens (including phenoxy) is 2. The first-order chi connectivity index (χ1) is 17.3. The summed E-state index contributed by atoms with van der Waals surface area (Å²) in [6.07, 6.45) is 6.37. The quantitative estimate of drug-likeness (QED) is 0.364. The summed E-state index contributed by atoms with van der Waals surface area (Å²) in [5.74, 6) is 0.166. The molecule has 3 aromatic rings. The third kappa shape index (κ3) is 3.22. The minimum atomic E-state index is -0.726. The molecule has 3 heterocycles. The Bertz CT molecular complexity index is 1650. The van der Waals surface area contributed by atoms with Gasteiger partial charge in [0.15, 0.2) is 16.9 Å². The zero-order chi connectivity index (χ0) is 26.6. The summed E-state index contributed by atoms with van der Waals surface area (Å²) in [6, 6.07) is 1.22. The lowest BCUT2D eigenvalue weighted by Gasteiger charge is -2.32. The highest BCUT2D eigenvalue weighted by molar-refractivity contribution is 5.96. The van der Waals surface area contributed by atoms with Gasteiger partial charge in [-0.25, -0.2) is 0 Å². The van der Waals surface area contributed by atoms with Gasteiger partial charge in [-0.05, 0) is 66.5 Å². The summed E-state index contributed by atoms with van der Waals surface area (Å²) in [7, 11) is 0. The maximum Gasteiger partial charge on any atom is 0.200 e. The fourth-order valence-electron chi connectivity index (χ4n) is 5.81. The lowest BCUT2D eigenvalue weighted by atomic mass is 9.74. The van der Waals surface area contributed by atoms with Crippen LogP contribution in [0.15, 0.2) is 33.0 Å². The second-order valence-corrected chi connectivity index (χ2v) is 11.5. The molecule has 192 valence electrons. The standard InChI is InChI=1S/C30H30O7/c1-13(2)7-8-15-25-14(9-10-29(3,4)36-25)23(33)22-24(34)16-11-17-20-21(27(16)35-26(15)22)18(31)12-19(32)28(20)37-30(17,5)6/h7,9-10,12,17,31-33H,8,11H2,1-6H3. The number of phenols is 3. The van der Waals surface area contributed by atoms with Crippen molar-refractivity contribution < 1.29 is 29.2 Å². The Morgan fingerprint density at radius 1 is 1.08 bits per heavy atom. The van der Waals surface area contributed by atoms with Crippen LogP contribution in [0.2, 0.25) is 0 Å². The molecule has 0 fully saturated rings. The first-order valence-electron chi connectivity index (χ1n) is 12.5. The molecule has 2 aliphatic heterocycles. The Morgan fingerprint density at radius 3 is 2.51 bits per heavy atom. The molecule has 6 rings (SSSR count). The van der Waals surface area contributed by atoms with Gasteiger partial charge in [0.25, 0.3) is 0 Å². The van der Waals surface area contributed by atoms with Gasteiger partial charge < -0.3 is 29.2 Å². The molecule has 3 aliphatic rings. The van der Waals surface area contributed by atoms with E-state index in [0.29, 0.717) is 45.7 Å². The van der Waals surface area contributed by atoms with Gasteiger partial charge >= 0.3 is 0 Å². The fraction of sp³-hybridized carbons (Fsp3) is 0.367. The third-order valence-electron chi connectivity index (χ3n) is 7.69. The van der Waals surface area contributed by atoms with Crippen LogP contribution in [0.3, 0.4) is 0 Å². The van der Waals surface area contributed by atoms with Crippen LogP contribution in [-0.4, -0.2) is 26.5 Å². The van der Waals surface area contributed by atoms with Crippen molar-refractivity contribution >= 4 is 17.0 Å². The maximum absolute atomic E-state index is 14.1. The van der Waals surface area contributed by atoms with Crippen LogP contribution in [-0.2, 0) is 12.8 Å². The Labute approximate surface area is 214 Å². The Morgan fingerprint density at radius 2 is 1.81 bits per heavy atom. The van der Waals surface area contributed by atoms with E-state index in [1.54, 1.807) is 6.08 Å². The highest BCUT2D eigenvalue weighted by atomic mass is 16.5. The number of allylic oxidation sites excluding steroid dienone is 2. The van der Waals surface area contributed by atoms with Crippen molar-refractivity contribution in [1.82, 2.24) is 0 Å². The van der Waals surface area contributed by atoms with Gasteiger partial charge in [0.2, 0.25) is 0 Å². The minimum absolute atomic E-state index is 0.0984. The highest BCUT2D eigenvalue weighted by Crippen LogP contribution is 2.60. The van der Waals surface area contributed by atoms with Gasteiger partial charge in [-0.2, -0.15) is 0 Å². The molecule has 2 aromatic carbocycles. The predicted octanol–water partition coefficient (Wildman–Crippen LogP) is 6.08. The van der Waals surface area contributed by atoms with E-state index in [9.17, 15) is 20.1 Å². The molecule has 1 atom stereocenters. The van der Waals surface area contributed by atoms with E-state index in [1.807, 2.05) is 53.7 Å². The van der Waals surface area contributed by atoms with Crippen molar-refractivity contribution in [1.29, 1.82) is 0 Å². The molecule has 3 N–H and O–H groups in total. The molecule has 1 aromatic heterocycles. The molecule has 1 aliphatic carbocycles. The number of fused-ring (bicyclic) bond motifs is 4. The molecule has 0 saturated heterocycles. The van der Waals surface area contributed by atoms with Crippen molar-refractivity contribution in [3.05, 3.63) is 56.3 Å². The molecule has 0 amide bonds. The number of hydrogen-bond acceptors (Lipinski definition) is 7. The maximum atomic E-state index is 14.1. The van der Waals surface area contributed by atoms with E-state index in [2.05, 4.69) is 0 Å². The summed E-state index contributed by atoms with van der Waals surface area (Å²) in [5.41, 5.74) is 2.04.